The monoisotopic (exact) mass is 397 g/mol. The van der Waals surface area contributed by atoms with Gasteiger partial charge in [-0.2, -0.15) is 0 Å². The predicted molar refractivity (Wildman–Crippen MR) is 105 cm³/mol. The zero-order chi connectivity index (χ0) is 20.4. The first-order chi connectivity index (χ1) is 14.0. The minimum atomic E-state index is -0.232. The van der Waals surface area contributed by atoms with Crippen LogP contribution in [0.15, 0.2) is 39.8 Å². The topological polar surface area (TPSA) is 104 Å². The molecule has 4 rings (SSSR count). The SMILES string of the molecule is COc1ccc(C2CC2COc2cc(NCc3cc(C)on3)c(=O)n(C)n2)nc1. The van der Waals surface area contributed by atoms with Gasteiger partial charge in [-0.15, -0.1) is 5.10 Å². The molecule has 1 fully saturated rings. The Morgan fingerprint density at radius 1 is 1.34 bits per heavy atom. The number of nitrogens with zero attached hydrogens (tertiary/aromatic N) is 4. The van der Waals surface area contributed by atoms with Crippen LogP contribution in [0.3, 0.4) is 0 Å². The number of rotatable bonds is 8. The summed E-state index contributed by atoms with van der Waals surface area (Å²) in [7, 11) is 3.22. The summed E-state index contributed by atoms with van der Waals surface area (Å²) in [6.45, 7) is 2.72. The molecule has 0 radical (unpaired) electrons. The summed E-state index contributed by atoms with van der Waals surface area (Å²) in [4.78, 5) is 16.8. The molecule has 3 heterocycles. The summed E-state index contributed by atoms with van der Waals surface area (Å²) < 4.78 is 17.3. The van der Waals surface area contributed by atoms with E-state index in [1.807, 2.05) is 25.1 Å². The second-order valence-corrected chi connectivity index (χ2v) is 7.14. The van der Waals surface area contributed by atoms with Crippen molar-refractivity contribution in [1.82, 2.24) is 19.9 Å². The normalized spacial score (nSPS) is 17.8. The average Bonchev–Trinajstić information content (AvgIpc) is 3.39. The minimum Gasteiger partial charge on any atom is -0.495 e. The number of methoxy groups -OCH3 is 1. The van der Waals surface area contributed by atoms with Crippen LogP contribution in [0.4, 0.5) is 5.69 Å². The van der Waals surface area contributed by atoms with Crippen LogP contribution in [0.1, 0.15) is 29.5 Å². The van der Waals surface area contributed by atoms with Gasteiger partial charge >= 0.3 is 0 Å². The average molecular weight is 397 g/mol. The van der Waals surface area contributed by atoms with E-state index in [1.54, 1.807) is 26.4 Å². The van der Waals surface area contributed by atoms with E-state index in [0.29, 0.717) is 36.6 Å². The lowest BCUT2D eigenvalue weighted by Gasteiger charge is -2.10. The molecule has 3 aromatic heterocycles. The van der Waals surface area contributed by atoms with Crippen molar-refractivity contribution in [3.63, 3.8) is 0 Å². The van der Waals surface area contributed by atoms with Crippen LogP contribution in [0, 0.1) is 12.8 Å². The highest BCUT2D eigenvalue weighted by molar-refractivity contribution is 5.43. The van der Waals surface area contributed by atoms with Gasteiger partial charge in [-0.25, -0.2) is 4.68 Å². The van der Waals surface area contributed by atoms with E-state index >= 15 is 0 Å². The first-order valence-electron chi connectivity index (χ1n) is 9.40. The van der Waals surface area contributed by atoms with E-state index in [0.717, 1.165) is 29.3 Å². The third-order valence-electron chi connectivity index (χ3n) is 4.92. The molecule has 1 aliphatic carbocycles. The molecule has 152 valence electrons. The van der Waals surface area contributed by atoms with Crippen LogP contribution in [0.2, 0.25) is 0 Å². The van der Waals surface area contributed by atoms with E-state index < -0.39 is 0 Å². The number of ether oxygens (including phenoxy) is 2. The molecule has 0 spiro atoms. The summed E-state index contributed by atoms with van der Waals surface area (Å²) in [5.74, 6) is 2.63. The molecule has 0 saturated heterocycles. The Kier molecular flexibility index (Phi) is 5.20. The van der Waals surface area contributed by atoms with Gasteiger partial charge in [0.25, 0.3) is 5.56 Å². The van der Waals surface area contributed by atoms with Crippen LogP contribution < -0.4 is 20.3 Å². The standard InChI is InChI=1S/C20H23N5O4/c1-12-6-14(24-29-12)9-21-18-8-19(23-25(2)20(18)26)28-11-13-7-16(13)17-5-4-15(27-3)10-22-17/h4-6,8,10,13,16,21H,7,9,11H2,1-3H3. The Morgan fingerprint density at radius 2 is 2.21 bits per heavy atom. The van der Waals surface area contributed by atoms with Crippen molar-refractivity contribution >= 4 is 5.69 Å². The molecule has 2 unspecified atom stereocenters. The van der Waals surface area contributed by atoms with E-state index in [2.05, 4.69) is 20.6 Å². The number of anilines is 1. The van der Waals surface area contributed by atoms with Crippen molar-refractivity contribution in [1.29, 1.82) is 0 Å². The zero-order valence-electron chi connectivity index (χ0n) is 16.6. The second-order valence-electron chi connectivity index (χ2n) is 7.14. The van der Waals surface area contributed by atoms with Crippen molar-refractivity contribution in [3.8, 4) is 11.6 Å². The van der Waals surface area contributed by atoms with Crippen LogP contribution in [-0.2, 0) is 13.6 Å². The molecule has 0 bridgehead atoms. The number of hydrogen-bond donors (Lipinski definition) is 1. The lowest BCUT2D eigenvalue weighted by Crippen LogP contribution is -2.24. The Balaban J connectivity index is 1.36. The van der Waals surface area contributed by atoms with E-state index in [4.69, 9.17) is 14.0 Å². The van der Waals surface area contributed by atoms with Gasteiger partial charge in [-0.3, -0.25) is 9.78 Å². The van der Waals surface area contributed by atoms with Crippen LogP contribution in [0.25, 0.3) is 0 Å². The molecule has 3 aromatic rings. The first kappa shape index (κ1) is 19.0. The third kappa shape index (κ3) is 4.39. The molecule has 9 nitrogen and oxygen atoms in total. The van der Waals surface area contributed by atoms with Crippen molar-refractivity contribution in [2.75, 3.05) is 19.0 Å². The maximum absolute atomic E-state index is 12.3. The summed E-state index contributed by atoms with van der Waals surface area (Å²) in [5.41, 5.74) is 1.93. The summed E-state index contributed by atoms with van der Waals surface area (Å²) >= 11 is 0. The number of hydrogen-bond acceptors (Lipinski definition) is 8. The maximum Gasteiger partial charge on any atom is 0.290 e. The molecule has 0 aliphatic heterocycles. The van der Waals surface area contributed by atoms with Crippen LogP contribution >= 0.6 is 0 Å². The quantitative estimate of drug-likeness (QED) is 0.617. The first-order valence-corrected chi connectivity index (χ1v) is 9.40. The van der Waals surface area contributed by atoms with E-state index in [-0.39, 0.29) is 5.56 Å². The molecular weight excluding hydrogens is 374 g/mol. The Labute approximate surface area is 167 Å². The number of aromatic nitrogens is 4. The van der Waals surface area contributed by atoms with Gasteiger partial charge in [0, 0.05) is 36.7 Å². The van der Waals surface area contributed by atoms with Gasteiger partial charge in [0.2, 0.25) is 5.88 Å². The van der Waals surface area contributed by atoms with Gasteiger partial charge < -0.3 is 19.3 Å². The molecule has 1 aliphatic rings. The van der Waals surface area contributed by atoms with Crippen LogP contribution in [-0.4, -0.2) is 33.6 Å². The lowest BCUT2D eigenvalue weighted by atomic mass is 10.2. The van der Waals surface area contributed by atoms with Crippen molar-refractivity contribution in [3.05, 3.63) is 58.0 Å². The Bertz CT molecular complexity index is 1040. The van der Waals surface area contributed by atoms with Crippen molar-refractivity contribution in [2.45, 2.75) is 25.8 Å². The third-order valence-corrected chi connectivity index (χ3v) is 4.92. The summed E-state index contributed by atoms with van der Waals surface area (Å²) in [6, 6.07) is 7.35. The number of pyridine rings is 1. The highest BCUT2D eigenvalue weighted by Crippen LogP contribution is 2.46. The predicted octanol–water partition coefficient (Wildman–Crippen LogP) is 2.27. The largest absolute Gasteiger partial charge is 0.495 e. The molecule has 0 aromatic carbocycles. The van der Waals surface area contributed by atoms with Crippen LogP contribution in [0.5, 0.6) is 11.6 Å². The fourth-order valence-corrected chi connectivity index (χ4v) is 3.18. The second kappa shape index (κ2) is 7.94. The molecule has 1 saturated carbocycles. The minimum absolute atomic E-state index is 0.232. The smallest absolute Gasteiger partial charge is 0.290 e. The molecule has 2 atom stereocenters. The molecule has 1 N–H and O–H groups in total. The van der Waals surface area contributed by atoms with Gasteiger partial charge in [0.15, 0.2) is 0 Å². The molecule has 29 heavy (non-hydrogen) atoms. The molecular formula is C20H23N5O4. The summed E-state index contributed by atoms with van der Waals surface area (Å²) in [5, 5.41) is 11.2. The van der Waals surface area contributed by atoms with Gasteiger partial charge in [-0.05, 0) is 25.5 Å². The lowest BCUT2D eigenvalue weighted by molar-refractivity contribution is 0.278. The number of nitrogens with one attached hydrogen (secondary N) is 1. The fraction of sp³-hybridized carbons (Fsp3) is 0.400. The molecule has 0 amide bonds. The van der Waals surface area contributed by atoms with E-state index in [1.165, 1.54) is 4.68 Å². The van der Waals surface area contributed by atoms with Crippen molar-refractivity contribution < 1.29 is 14.0 Å². The van der Waals surface area contributed by atoms with Gasteiger partial charge in [-0.1, -0.05) is 5.16 Å². The van der Waals surface area contributed by atoms with E-state index in [9.17, 15) is 4.79 Å². The summed E-state index contributed by atoms with van der Waals surface area (Å²) in [6.07, 6.45) is 2.75. The maximum atomic E-state index is 12.3. The zero-order valence-corrected chi connectivity index (χ0v) is 16.6. The fourth-order valence-electron chi connectivity index (χ4n) is 3.18. The Morgan fingerprint density at radius 3 is 2.90 bits per heavy atom. The Hall–Kier alpha value is -3.36. The van der Waals surface area contributed by atoms with Gasteiger partial charge in [0.1, 0.15) is 22.9 Å². The molecule has 9 heteroatoms. The highest BCUT2D eigenvalue weighted by atomic mass is 16.5. The highest BCUT2D eigenvalue weighted by Gasteiger charge is 2.40. The van der Waals surface area contributed by atoms with Gasteiger partial charge in [0.05, 0.1) is 26.5 Å². The van der Waals surface area contributed by atoms with Crippen molar-refractivity contribution in [2.24, 2.45) is 13.0 Å². The number of aryl methyl sites for hydroxylation is 2.